The fourth-order valence-electron chi connectivity index (χ4n) is 2.81. The van der Waals surface area contributed by atoms with E-state index in [2.05, 4.69) is 4.72 Å². The van der Waals surface area contributed by atoms with Crippen molar-refractivity contribution in [2.75, 3.05) is 46.5 Å². The molecule has 2 rings (SSSR count). The van der Waals surface area contributed by atoms with Crippen molar-refractivity contribution in [1.29, 1.82) is 0 Å². The molecule has 1 aliphatic heterocycles. The van der Waals surface area contributed by atoms with Crippen molar-refractivity contribution >= 4 is 10.0 Å². The average molecular weight is 343 g/mol. The van der Waals surface area contributed by atoms with Crippen LogP contribution in [0, 0.1) is 13.8 Å². The number of benzene rings is 1. The van der Waals surface area contributed by atoms with Gasteiger partial charge in [-0.25, -0.2) is 13.1 Å². The van der Waals surface area contributed by atoms with E-state index in [9.17, 15) is 8.42 Å². The number of hydrogen-bond acceptors (Lipinski definition) is 4. The Kier molecular flexibility index (Phi) is 6.41. The lowest BCUT2D eigenvalue weighted by Gasteiger charge is -2.23. The molecular formula is C16H27N2O4S+. The van der Waals surface area contributed by atoms with Gasteiger partial charge in [-0.1, -0.05) is 0 Å². The topological polar surface area (TPSA) is 69.1 Å². The Labute approximate surface area is 138 Å². The van der Waals surface area contributed by atoms with E-state index >= 15 is 0 Å². The number of morpholine rings is 1. The molecule has 2 N–H and O–H groups in total. The zero-order valence-electron chi connectivity index (χ0n) is 14.1. The molecule has 0 atom stereocenters. The summed E-state index contributed by atoms with van der Waals surface area (Å²) < 4.78 is 38.2. The van der Waals surface area contributed by atoms with Crippen LogP contribution in [0.15, 0.2) is 17.0 Å². The lowest BCUT2D eigenvalue weighted by atomic mass is 10.1. The standard InChI is InChI=1S/C16H26N2O4S/c1-13-12-16(14(2)11-15(13)21-3)23(19,20)17-5-4-6-18-7-9-22-10-8-18/h11-12,17H,4-10H2,1-3H3/p+1. The number of aryl methyl sites for hydroxylation is 2. The van der Waals surface area contributed by atoms with Crippen LogP contribution < -0.4 is 14.4 Å². The average Bonchev–Trinajstić information content (AvgIpc) is 2.54. The predicted octanol–water partition coefficient (Wildman–Crippen LogP) is -0.104. The normalized spacial score (nSPS) is 16.5. The van der Waals surface area contributed by atoms with Crippen LogP contribution in [0.25, 0.3) is 0 Å². The van der Waals surface area contributed by atoms with Crippen molar-refractivity contribution in [2.45, 2.75) is 25.2 Å². The van der Waals surface area contributed by atoms with Crippen molar-refractivity contribution in [1.82, 2.24) is 4.72 Å². The first-order valence-electron chi connectivity index (χ1n) is 8.00. The van der Waals surface area contributed by atoms with Gasteiger partial charge in [0.05, 0.1) is 31.8 Å². The maximum absolute atomic E-state index is 12.5. The Bertz CT molecular complexity index is 625. The SMILES string of the molecule is COc1cc(C)c(S(=O)(=O)NCCC[NH+]2CCOCC2)cc1C. The highest BCUT2D eigenvalue weighted by Gasteiger charge is 2.19. The fraction of sp³-hybridized carbons (Fsp3) is 0.625. The maximum atomic E-state index is 12.5. The molecule has 0 saturated carbocycles. The highest BCUT2D eigenvalue weighted by atomic mass is 32.2. The highest BCUT2D eigenvalue weighted by Crippen LogP contribution is 2.25. The van der Waals surface area contributed by atoms with Crippen molar-refractivity contribution in [2.24, 2.45) is 0 Å². The molecular weight excluding hydrogens is 316 g/mol. The second-order valence-corrected chi connectivity index (χ2v) is 7.69. The molecule has 0 radical (unpaired) electrons. The Morgan fingerprint density at radius 3 is 2.57 bits per heavy atom. The summed E-state index contributed by atoms with van der Waals surface area (Å²) in [4.78, 5) is 1.81. The molecule has 1 aromatic carbocycles. The van der Waals surface area contributed by atoms with E-state index in [0.717, 1.165) is 44.8 Å². The van der Waals surface area contributed by atoms with Gasteiger partial charge in [0.2, 0.25) is 10.0 Å². The van der Waals surface area contributed by atoms with E-state index in [0.29, 0.717) is 22.8 Å². The van der Waals surface area contributed by atoms with Gasteiger partial charge < -0.3 is 14.4 Å². The quantitative estimate of drug-likeness (QED) is 0.678. The van der Waals surface area contributed by atoms with Gasteiger partial charge in [0, 0.05) is 13.0 Å². The third-order valence-electron chi connectivity index (χ3n) is 4.18. The van der Waals surface area contributed by atoms with Crippen LogP contribution in [0.1, 0.15) is 17.5 Å². The summed E-state index contributed by atoms with van der Waals surface area (Å²) in [6, 6.07) is 3.44. The number of nitrogens with one attached hydrogen (secondary N) is 2. The minimum absolute atomic E-state index is 0.328. The van der Waals surface area contributed by atoms with Crippen LogP contribution in [-0.2, 0) is 14.8 Å². The Hall–Kier alpha value is -1.15. The van der Waals surface area contributed by atoms with E-state index in [-0.39, 0.29) is 0 Å². The smallest absolute Gasteiger partial charge is 0.240 e. The summed E-state index contributed by atoms with van der Waals surface area (Å²) in [5.74, 6) is 0.706. The van der Waals surface area contributed by atoms with Gasteiger partial charge >= 0.3 is 0 Å². The number of methoxy groups -OCH3 is 1. The van der Waals surface area contributed by atoms with Crippen molar-refractivity contribution in [3.63, 3.8) is 0 Å². The Morgan fingerprint density at radius 1 is 1.22 bits per heavy atom. The molecule has 0 unspecified atom stereocenters. The van der Waals surface area contributed by atoms with Crippen molar-refractivity contribution in [3.05, 3.63) is 23.3 Å². The largest absolute Gasteiger partial charge is 0.496 e. The van der Waals surface area contributed by atoms with Gasteiger partial charge in [0.1, 0.15) is 18.8 Å². The number of hydrogen-bond donors (Lipinski definition) is 2. The molecule has 0 aromatic heterocycles. The minimum Gasteiger partial charge on any atom is -0.496 e. The number of sulfonamides is 1. The molecule has 1 heterocycles. The van der Waals surface area contributed by atoms with Gasteiger partial charge in [-0.2, -0.15) is 0 Å². The molecule has 0 bridgehead atoms. The van der Waals surface area contributed by atoms with Crippen LogP contribution >= 0.6 is 0 Å². The van der Waals surface area contributed by atoms with E-state index in [4.69, 9.17) is 9.47 Å². The maximum Gasteiger partial charge on any atom is 0.240 e. The first kappa shape index (κ1) is 18.2. The van der Waals surface area contributed by atoms with Crippen molar-refractivity contribution in [3.8, 4) is 5.75 Å². The lowest BCUT2D eigenvalue weighted by molar-refractivity contribution is -0.908. The zero-order chi connectivity index (χ0) is 16.9. The lowest BCUT2D eigenvalue weighted by Crippen LogP contribution is -3.14. The van der Waals surface area contributed by atoms with Gasteiger partial charge in [-0.3, -0.25) is 0 Å². The molecule has 0 spiro atoms. The molecule has 23 heavy (non-hydrogen) atoms. The highest BCUT2D eigenvalue weighted by molar-refractivity contribution is 7.89. The van der Waals surface area contributed by atoms with Gasteiger partial charge in [0.15, 0.2) is 0 Å². The third-order valence-corrected chi connectivity index (χ3v) is 5.78. The molecule has 1 fully saturated rings. The Morgan fingerprint density at radius 2 is 1.91 bits per heavy atom. The first-order chi connectivity index (χ1) is 10.9. The minimum atomic E-state index is -3.48. The third kappa shape index (κ3) is 4.91. The van der Waals surface area contributed by atoms with Crippen molar-refractivity contribution < 1.29 is 22.8 Å². The molecule has 0 aliphatic carbocycles. The van der Waals surface area contributed by atoms with E-state index in [1.807, 2.05) is 6.92 Å². The van der Waals surface area contributed by atoms with Crippen LogP contribution in [0.2, 0.25) is 0 Å². The second kappa shape index (κ2) is 8.10. The molecule has 1 aliphatic rings. The molecule has 130 valence electrons. The fourth-order valence-corrected chi connectivity index (χ4v) is 4.19. The molecule has 7 heteroatoms. The number of rotatable bonds is 7. The van der Waals surface area contributed by atoms with E-state index in [1.165, 1.54) is 4.90 Å². The summed E-state index contributed by atoms with van der Waals surface area (Å²) in [5, 5.41) is 0. The molecule has 1 saturated heterocycles. The monoisotopic (exact) mass is 343 g/mol. The van der Waals surface area contributed by atoms with Crippen LogP contribution in [-0.4, -0.2) is 54.9 Å². The number of quaternary nitrogens is 1. The van der Waals surface area contributed by atoms with E-state index in [1.54, 1.807) is 26.2 Å². The molecule has 0 amide bonds. The first-order valence-corrected chi connectivity index (χ1v) is 9.48. The van der Waals surface area contributed by atoms with Gasteiger partial charge in [0.25, 0.3) is 0 Å². The summed E-state index contributed by atoms with van der Waals surface area (Å²) in [5.41, 5.74) is 1.51. The van der Waals surface area contributed by atoms with Crippen LogP contribution in [0.5, 0.6) is 5.75 Å². The van der Waals surface area contributed by atoms with Gasteiger partial charge in [-0.05, 0) is 37.1 Å². The summed E-state index contributed by atoms with van der Waals surface area (Å²) >= 11 is 0. The number of ether oxygens (including phenoxy) is 2. The Balaban J connectivity index is 1.92. The summed E-state index contributed by atoms with van der Waals surface area (Å²) in [6.07, 6.45) is 0.822. The van der Waals surface area contributed by atoms with Crippen LogP contribution in [0.4, 0.5) is 0 Å². The second-order valence-electron chi connectivity index (χ2n) is 5.95. The van der Waals surface area contributed by atoms with Crippen LogP contribution in [0.3, 0.4) is 0 Å². The summed E-state index contributed by atoms with van der Waals surface area (Å²) in [7, 11) is -1.90. The van der Waals surface area contributed by atoms with E-state index < -0.39 is 10.0 Å². The zero-order valence-corrected chi connectivity index (χ0v) is 15.0. The predicted molar refractivity (Wildman–Crippen MR) is 88.7 cm³/mol. The molecule has 6 nitrogen and oxygen atoms in total. The molecule has 1 aromatic rings. The summed E-state index contributed by atoms with van der Waals surface area (Å²) in [6.45, 7) is 8.65. The van der Waals surface area contributed by atoms with Gasteiger partial charge in [-0.15, -0.1) is 0 Å².